The molecule has 0 unspecified atom stereocenters. The topological polar surface area (TPSA) is 63.8 Å². The molecule has 3 aromatic rings. The van der Waals surface area contributed by atoms with Crippen molar-refractivity contribution in [3.63, 3.8) is 0 Å². The summed E-state index contributed by atoms with van der Waals surface area (Å²) in [4.78, 5) is 17.6. The van der Waals surface area contributed by atoms with Crippen molar-refractivity contribution in [1.82, 2.24) is 9.88 Å². The van der Waals surface area contributed by atoms with Crippen LogP contribution in [-0.4, -0.2) is 43.7 Å². The van der Waals surface area contributed by atoms with Crippen molar-refractivity contribution >= 4 is 16.8 Å². The van der Waals surface area contributed by atoms with Gasteiger partial charge < -0.3 is 24.1 Å². The average Bonchev–Trinajstić information content (AvgIpc) is 3.11. The van der Waals surface area contributed by atoms with Gasteiger partial charge in [-0.2, -0.15) is 0 Å². The molecular formula is C21H24N2O4. The number of hydrogen-bond donors (Lipinski definition) is 1. The van der Waals surface area contributed by atoms with E-state index in [4.69, 9.17) is 14.2 Å². The lowest BCUT2D eigenvalue weighted by Crippen LogP contribution is -2.26. The summed E-state index contributed by atoms with van der Waals surface area (Å²) in [7, 11) is 5.00. The monoisotopic (exact) mass is 368 g/mol. The van der Waals surface area contributed by atoms with Gasteiger partial charge in [-0.05, 0) is 42.8 Å². The van der Waals surface area contributed by atoms with Crippen LogP contribution in [0.2, 0.25) is 0 Å². The quantitative estimate of drug-likeness (QED) is 0.688. The zero-order valence-electron chi connectivity index (χ0n) is 16.0. The number of benzene rings is 2. The molecule has 3 rings (SSSR count). The van der Waals surface area contributed by atoms with Crippen molar-refractivity contribution in [1.29, 1.82) is 0 Å². The van der Waals surface area contributed by atoms with Crippen molar-refractivity contribution < 1.29 is 19.0 Å². The fourth-order valence-electron chi connectivity index (χ4n) is 2.98. The van der Waals surface area contributed by atoms with Crippen LogP contribution in [0.3, 0.4) is 0 Å². The normalized spacial score (nSPS) is 10.7. The maximum absolute atomic E-state index is 12.8. The van der Waals surface area contributed by atoms with E-state index in [9.17, 15) is 4.79 Å². The molecular weight excluding hydrogens is 344 g/mol. The van der Waals surface area contributed by atoms with Gasteiger partial charge in [0, 0.05) is 30.6 Å². The molecule has 1 aromatic heterocycles. The van der Waals surface area contributed by atoms with Gasteiger partial charge in [0.15, 0.2) is 11.5 Å². The summed E-state index contributed by atoms with van der Waals surface area (Å²) in [5, 5.41) is 0.968. The minimum Gasteiger partial charge on any atom is -0.497 e. The lowest BCUT2D eigenvalue weighted by Gasteiger charge is -2.18. The predicted molar refractivity (Wildman–Crippen MR) is 105 cm³/mol. The molecule has 0 saturated carbocycles. The molecule has 0 radical (unpaired) electrons. The van der Waals surface area contributed by atoms with Gasteiger partial charge in [-0.3, -0.25) is 4.79 Å². The van der Waals surface area contributed by atoms with Gasteiger partial charge in [0.2, 0.25) is 0 Å². The summed E-state index contributed by atoms with van der Waals surface area (Å²) in [6.45, 7) is 2.95. The Kier molecular flexibility index (Phi) is 5.54. The zero-order valence-corrected chi connectivity index (χ0v) is 16.0. The fraction of sp³-hybridized carbons (Fsp3) is 0.286. The molecule has 1 N–H and O–H groups in total. The Bertz CT molecular complexity index is 949. The van der Waals surface area contributed by atoms with Gasteiger partial charge in [0.05, 0.1) is 20.8 Å². The first-order chi connectivity index (χ1) is 13.0. The highest BCUT2D eigenvalue weighted by atomic mass is 16.5. The first-order valence-electron chi connectivity index (χ1n) is 8.77. The van der Waals surface area contributed by atoms with Gasteiger partial charge in [-0.15, -0.1) is 0 Å². The molecule has 27 heavy (non-hydrogen) atoms. The average molecular weight is 368 g/mol. The van der Waals surface area contributed by atoms with Crippen LogP contribution in [0.5, 0.6) is 17.2 Å². The van der Waals surface area contributed by atoms with Gasteiger partial charge in [-0.1, -0.05) is 6.07 Å². The highest BCUT2D eigenvalue weighted by Crippen LogP contribution is 2.28. The van der Waals surface area contributed by atoms with E-state index in [0.29, 0.717) is 30.3 Å². The number of carbonyl (C=O) groups excluding carboxylic acids is 1. The second kappa shape index (κ2) is 8.03. The molecule has 0 aliphatic rings. The number of methoxy groups -OCH3 is 2. The van der Waals surface area contributed by atoms with Crippen LogP contribution < -0.4 is 14.2 Å². The van der Waals surface area contributed by atoms with Crippen LogP contribution in [0, 0.1) is 0 Å². The Morgan fingerprint density at radius 2 is 1.85 bits per heavy atom. The summed E-state index contributed by atoms with van der Waals surface area (Å²) in [6, 6.07) is 13.2. The SMILES string of the molecule is CCOc1ccc(CN(C)C(=O)c2cc3ccc(OC)cc3[nH]2)cc1OC. The maximum Gasteiger partial charge on any atom is 0.270 e. The predicted octanol–water partition coefficient (Wildman–Crippen LogP) is 3.86. The summed E-state index contributed by atoms with van der Waals surface area (Å²) in [6.07, 6.45) is 0. The highest BCUT2D eigenvalue weighted by molar-refractivity contribution is 5.98. The fourth-order valence-corrected chi connectivity index (χ4v) is 2.98. The van der Waals surface area contributed by atoms with Crippen molar-refractivity contribution in [2.75, 3.05) is 27.9 Å². The number of aromatic amines is 1. The third kappa shape index (κ3) is 4.00. The molecule has 0 bridgehead atoms. The highest BCUT2D eigenvalue weighted by Gasteiger charge is 2.16. The summed E-state index contributed by atoms with van der Waals surface area (Å²) >= 11 is 0. The van der Waals surface area contributed by atoms with Crippen LogP contribution in [0.25, 0.3) is 10.9 Å². The number of carbonyl (C=O) groups is 1. The molecule has 6 nitrogen and oxygen atoms in total. The number of hydrogen-bond acceptors (Lipinski definition) is 4. The van der Waals surface area contributed by atoms with Crippen LogP contribution >= 0.6 is 0 Å². The van der Waals surface area contributed by atoms with E-state index in [-0.39, 0.29) is 5.91 Å². The van der Waals surface area contributed by atoms with Crippen molar-refractivity contribution in [3.8, 4) is 17.2 Å². The molecule has 6 heteroatoms. The molecule has 0 aliphatic carbocycles. The Morgan fingerprint density at radius 1 is 1.04 bits per heavy atom. The van der Waals surface area contributed by atoms with Crippen LogP contribution in [0.15, 0.2) is 42.5 Å². The van der Waals surface area contributed by atoms with Gasteiger partial charge in [0.1, 0.15) is 11.4 Å². The minimum absolute atomic E-state index is 0.0852. The van der Waals surface area contributed by atoms with Crippen molar-refractivity contribution in [3.05, 3.63) is 53.7 Å². The lowest BCUT2D eigenvalue weighted by atomic mass is 10.2. The van der Waals surface area contributed by atoms with E-state index in [1.165, 1.54) is 0 Å². The van der Waals surface area contributed by atoms with E-state index in [2.05, 4.69) is 4.98 Å². The van der Waals surface area contributed by atoms with Crippen LogP contribution in [0.1, 0.15) is 23.0 Å². The number of amides is 1. The number of aromatic nitrogens is 1. The third-order valence-corrected chi connectivity index (χ3v) is 4.35. The Labute approximate surface area is 158 Å². The van der Waals surface area contributed by atoms with Crippen LogP contribution in [-0.2, 0) is 6.54 Å². The summed E-state index contributed by atoms with van der Waals surface area (Å²) in [5.41, 5.74) is 2.37. The molecule has 2 aromatic carbocycles. The smallest absolute Gasteiger partial charge is 0.270 e. The number of ether oxygens (including phenoxy) is 3. The molecule has 0 spiro atoms. The van der Waals surface area contributed by atoms with Gasteiger partial charge >= 0.3 is 0 Å². The Morgan fingerprint density at radius 3 is 2.56 bits per heavy atom. The standard InChI is InChI=1S/C21H24N2O4/c1-5-27-19-9-6-14(10-20(19)26-4)13-23(2)21(24)18-11-15-7-8-16(25-3)12-17(15)22-18/h6-12,22H,5,13H2,1-4H3. The summed E-state index contributed by atoms with van der Waals surface area (Å²) < 4.78 is 16.1. The number of H-pyrrole nitrogens is 1. The van der Waals surface area contributed by atoms with Crippen molar-refractivity contribution in [2.45, 2.75) is 13.5 Å². The van der Waals surface area contributed by atoms with E-state index in [0.717, 1.165) is 22.2 Å². The van der Waals surface area contributed by atoms with Gasteiger partial charge in [0.25, 0.3) is 5.91 Å². The molecule has 0 aliphatic heterocycles. The number of nitrogens with zero attached hydrogens (tertiary/aromatic N) is 1. The third-order valence-electron chi connectivity index (χ3n) is 4.35. The first kappa shape index (κ1) is 18.6. The first-order valence-corrected chi connectivity index (χ1v) is 8.77. The number of fused-ring (bicyclic) bond motifs is 1. The minimum atomic E-state index is -0.0852. The Balaban J connectivity index is 1.77. The van der Waals surface area contributed by atoms with E-state index < -0.39 is 0 Å². The molecule has 0 fully saturated rings. The largest absolute Gasteiger partial charge is 0.497 e. The van der Waals surface area contributed by atoms with Crippen molar-refractivity contribution in [2.24, 2.45) is 0 Å². The van der Waals surface area contributed by atoms with E-state index >= 15 is 0 Å². The molecule has 0 saturated heterocycles. The van der Waals surface area contributed by atoms with Crippen LogP contribution in [0.4, 0.5) is 0 Å². The molecule has 142 valence electrons. The second-order valence-corrected chi connectivity index (χ2v) is 6.22. The number of nitrogens with one attached hydrogen (secondary N) is 1. The van der Waals surface area contributed by atoms with Gasteiger partial charge in [-0.25, -0.2) is 0 Å². The zero-order chi connectivity index (χ0) is 19.4. The second-order valence-electron chi connectivity index (χ2n) is 6.22. The molecule has 0 atom stereocenters. The lowest BCUT2D eigenvalue weighted by molar-refractivity contribution is 0.0780. The number of rotatable bonds is 7. The Hall–Kier alpha value is -3.15. The molecule has 1 heterocycles. The van der Waals surface area contributed by atoms with E-state index in [1.807, 2.05) is 49.4 Å². The molecule has 1 amide bonds. The summed E-state index contributed by atoms with van der Waals surface area (Å²) in [5.74, 6) is 2.02. The van der Waals surface area contributed by atoms with E-state index in [1.54, 1.807) is 26.2 Å². The maximum atomic E-state index is 12.8.